The maximum absolute atomic E-state index is 12.6. The molecule has 29 heavy (non-hydrogen) atoms. The normalized spacial score (nSPS) is 16.2. The predicted molar refractivity (Wildman–Crippen MR) is 116 cm³/mol. The van der Waals surface area contributed by atoms with Crippen molar-refractivity contribution in [2.24, 2.45) is 0 Å². The highest BCUT2D eigenvalue weighted by molar-refractivity contribution is 6.33. The highest BCUT2D eigenvalue weighted by Gasteiger charge is 2.25. The van der Waals surface area contributed by atoms with Crippen molar-refractivity contribution in [1.82, 2.24) is 15.5 Å². The van der Waals surface area contributed by atoms with Gasteiger partial charge in [-0.3, -0.25) is 14.5 Å². The molecule has 1 fully saturated rings. The van der Waals surface area contributed by atoms with Gasteiger partial charge in [-0.15, -0.1) is 0 Å². The molecule has 0 aromatic heterocycles. The number of halogens is 1. The van der Waals surface area contributed by atoms with Crippen LogP contribution in [0.15, 0.2) is 48.5 Å². The van der Waals surface area contributed by atoms with Crippen LogP contribution >= 0.6 is 11.6 Å². The number of aryl methyl sites for hydroxylation is 1. The maximum atomic E-state index is 12.6. The zero-order valence-corrected chi connectivity index (χ0v) is 17.7. The van der Waals surface area contributed by atoms with E-state index in [0.717, 1.165) is 13.1 Å². The van der Waals surface area contributed by atoms with Crippen molar-refractivity contribution in [3.8, 4) is 0 Å². The predicted octanol–water partition coefficient (Wildman–Crippen LogP) is 3.72. The highest BCUT2D eigenvalue weighted by atomic mass is 35.5. The summed E-state index contributed by atoms with van der Waals surface area (Å²) in [5.74, 6) is -0.561. The SMILES string of the molecule is Cc1ccc(C(CNC(=O)C(C)NC(=O)c2ccccc2Cl)N2CCCC2)cc1. The average molecular weight is 414 g/mol. The molecule has 0 radical (unpaired) electrons. The molecule has 0 saturated carbocycles. The van der Waals surface area contributed by atoms with Gasteiger partial charge in [0.2, 0.25) is 5.91 Å². The number of hydrogen-bond donors (Lipinski definition) is 2. The Morgan fingerprint density at radius 2 is 1.72 bits per heavy atom. The van der Waals surface area contributed by atoms with Crippen molar-refractivity contribution >= 4 is 23.4 Å². The van der Waals surface area contributed by atoms with Gasteiger partial charge in [-0.05, 0) is 57.5 Å². The van der Waals surface area contributed by atoms with Crippen LogP contribution in [0.1, 0.15) is 47.3 Å². The largest absolute Gasteiger partial charge is 0.352 e. The first-order valence-electron chi connectivity index (χ1n) is 10.1. The van der Waals surface area contributed by atoms with Crippen molar-refractivity contribution in [2.45, 2.75) is 38.8 Å². The second-order valence-electron chi connectivity index (χ2n) is 7.59. The first-order valence-corrected chi connectivity index (χ1v) is 10.5. The van der Waals surface area contributed by atoms with Crippen LogP contribution in [0.5, 0.6) is 0 Å². The fourth-order valence-corrected chi connectivity index (χ4v) is 3.86. The summed E-state index contributed by atoms with van der Waals surface area (Å²) >= 11 is 6.07. The quantitative estimate of drug-likeness (QED) is 0.727. The Hall–Kier alpha value is -2.37. The maximum Gasteiger partial charge on any atom is 0.253 e. The van der Waals surface area contributed by atoms with Crippen molar-refractivity contribution in [3.63, 3.8) is 0 Å². The van der Waals surface area contributed by atoms with E-state index in [4.69, 9.17) is 11.6 Å². The number of hydrogen-bond acceptors (Lipinski definition) is 3. The van der Waals surface area contributed by atoms with Crippen LogP contribution < -0.4 is 10.6 Å². The van der Waals surface area contributed by atoms with E-state index in [9.17, 15) is 9.59 Å². The summed E-state index contributed by atoms with van der Waals surface area (Å²) in [4.78, 5) is 27.4. The third kappa shape index (κ3) is 5.58. The van der Waals surface area contributed by atoms with Gasteiger partial charge in [-0.25, -0.2) is 0 Å². The second kappa shape index (κ2) is 9.90. The molecule has 1 saturated heterocycles. The van der Waals surface area contributed by atoms with Gasteiger partial charge in [0, 0.05) is 6.54 Å². The van der Waals surface area contributed by atoms with Crippen LogP contribution in [0.2, 0.25) is 5.02 Å². The van der Waals surface area contributed by atoms with Crippen LogP contribution in [-0.4, -0.2) is 42.4 Å². The van der Waals surface area contributed by atoms with Gasteiger partial charge in [0.05, 0.1) is 16.6 Å². The minimum absolute atomic E-state index is 0.133. The van der Waals surface area contributed by atoms with Crippen LogP contribution in [0.25, 0.3) is 0 Å². The number of rotatable bonds is 7. The third-order valence-electron chi connectivity index (χ3n) is 5.37. The molecule has 0 aliphatic carbocycles. The molecule has 154 valence electrons. The number of carbonyl (C=O) groups excluding carboxylic acids is 2. The molecule has 2 N–H and O–H groups in total. The standard InChI is InChI=1S/C23H28ClN3O2/c1-16-9-11-18(12-10-16)21(27-13-5-6-14-27)15-25-22(28)17(2)26-23(29)19-7-3-4-8-20(19)24/h3-4,7-12,17,21H,5-6,13-15H2,1-2H3,(H,25,28)(H,26,29). The van der Waals surface area contributed by atoms with Gasteiger partial charge in [-0.2, -0.15) is 0 Å². The Morgan fingerprint density at radius 1 is 1.07 bits per heavy atom. The van der Waals surface area contributed by atoms with Crippen LogP contribution in [0, 0.1) is 6.92 Å². The topological polar surface area (TPSA) is 61.4 Å². The lowest BCUT2D eigenvalue weighted by molar-refractivity contribution is -0.122. The van der Waals surface area contributed by atoms with Gasteiger partial charge in [0.25, 0.3) is 5.91 Å². The molecular weight excluding hydrogens is 386 g/mol. The van der Waals surface area contributed by atoms with Crippen molar-refractivity contribution < 1.29 is 9.59 Å². The molecule has 2 atom stereocenters. The average Bonchev–Trinajstić information content (AvgIpc) is 3.24. The monoisotopic (exact) mass is 413 g/mol. The molecule has 3 rings (SSSR count). The summed E-state index contributed by atoms with van der Waals surface area (Å²) < 4.78 is 0. The van der Waals surface area contributed by atoms with E-state index in [1.54, 1.807) is 31.2 Å². The molecule has 2 aromatic carbocycles. The molecule has 1 aliphatic heterocycles. The van der Waals surface area contributed by atoms with Crippen LogP contribution in [0.3, 0.4) is 0 Å². The number of likely N-dealkylation sites (tertiary alicyclic amines) is 1. The summed E-state index contributed by atoms with van der Waals surface area (Å²) in [6.07, 6.45) is 2.36. The van der Waals surface area contributed by atoms with E-state index in [-0.39, 0.29) is 17.9 Å². The van der Waals surface area contributed by atoms with E-state index >= 15 is 0 Å². The fraction of sp³-hybridized carbons (Fsp3) is 0.391. The molecule has 0 bridgehead atoms. The number of benzene rings is 2. The minimum atomic E-state index is -0.656. The van der Waals surface area contributed by atoms with Gasteiger partial charge >= 0.3 is 0 Å². The first kappa shape index (κ1) is 21.3. The summed E-state index contributed by atoms with van der Waals surface area (Å²) in [6, 6.07) is 14.8. The molecule has 1 heterocycles. The lowest BCUT2D eigenvalue weighted by atomic mass is 10.0. The molecular formula is C23H28ClN3O2. The first-order chi connectivity index (χ1) is 14.0. The molecule has 2 unspecified atom stereocenters. The van der Waals surface area contributed by atoms with Crippen LogP contribution in [0.4, 0.5) is 0 Å². The smallest absolute Gasteiger partial charge is 0.253 e. The number of nitrogens with zero attached hydrogens (tertiary/aromatic N) is 1. The summed E-state index contributed by atoms with van der Waals surface area (Å²) in [6.45, 7) is 6.33. The number of nitrogens with one attached hydrogen (secondary N) is 2. The Bertz CT molecular complexity index is 847. The summed E-state index contributed by atoms with van der Waals surface area (Å²) in [7, 11) is 0. The lowest BCUT2D eigenvalue weighted by Gasteiger charge is -2.29. The number of amides is 2. The minimum Gasteiger partial charge on any atom is -0.352 e. The van der Waals surface area contributed by atoms with Crippen molar-refractivity contribution in [1.29, 1.82) is 0 Å². The van der Waals surface area contributed by atoms with E-state index in [1.165, 1.54) is 24.0 Å². The molecule has 6 heteroatoms. The zero-order chi connectivity index (χ0) is 20.8. The Morgan fingerprint density at radius 3 is 2.38 bits per heavy atom. The molecule has 2 amide bonds. The van der Waals surface area contributed by atoms with E-state index in [1.807, 2.05) is 0 Å². The zero-order valence-electron chi connectivity index (χ0n) is 17.0. The Kier molecular flexibility index (Phi) is 7.29. The molecule has 0 spiro atoms. The lowest BCUT2D eigenvalue weighted by Crippen LogP contribution is -2.47. The van der Waals surface area contributed by atoms with E-state index in [2.05, 4.69) is 46.7 Å². The van der Waals surface area contributed by atoms with Crippen molar-refractivity contribution in [2.75, 3.05) is 19.6 Å². The Balaban J connectivity index is 1.61. The van der Waals surface area contributed by atoms with Gasteiger partial charge < -0.3 is 10.6 Å². The van der Waals surface area contributed by atoms with Gasteiger partial charge in [-0.1, -0.05) is 53.6 Å². The second-order valence-corrected chi connectivity index (χ2v) is 8.00. The van der Waals surface area contributed by atoms with Crippen molar-refractivity contribution in [3.05, 3.63) is 70.2 Å². The molecule has 5 nitrogen and oxygen atoms in total. The van der Waals surface area contributed by atoms with Gasteiger partial charge in [0.15, 0.2) is 0 Å². The summed E-state index contributed by atoms with van der Waals surface area (Å²) in [5.41, 5.74) is 2.78. The molecule has 2 aromatic rings. The van der Waals surface area contributed by atoms with E-state index in [0.29, 0.717) is 17.1 Å². The Labute approximate surface area is 177 Å². The van der Waals surface area contributed by atoms with Gasteiger partial charge in [0.1, 0.15) is 6.04 Å². The number of carbonyl (C=O) groups is 2. The fourth-order valence-electron chi connectivity index (χ4n) is 3.64. The summed E-state index contributed by atoms with van der Waals surface area (Å²) in [5, 5.41) is 6.11. The van der Waals surface area contributed by atoms with E-state index < -0.39 is 6.04 Å². The molecule has 1 aliphatic rings. The highest BCUT2D eigenvalue weighted by Crippen LogP contribution is 2.25. The third-order valence-corrected chi connectivity index (χ3v) is 5.70. The van der Waals surface area contributed by atoms with Crippen LogP contribution in [-0.2, 0) is 4.79 Å².